The molecular weight excluding hydrogens is 281 g/mol. The fourth-order valence-corrected chi connectivity index (χ4v) is 2.63. The van der Waals surface area contributed by atoms with Crippen LogP contribution in [0.3, 0.4) is 0 Å². The first-order chi connectivity index (χ1) is 9.98. The summed E-state index contributed by atoms with van der Waals surface area (Å²) in [6.07, 6.45) is 1.62. The predicted octanol–water partition coefficient (Wildman–Crippen LogP) is 3.00. The Balaban J connectivity index is 1.83. The lowest BCUT2D eigenvalue weighted by Crippen LogP contribution is -2.32. The van der Waals surface area contributed by atoms with Crippen LogP contribution in [0.2, 0.25) is 0 Å². The quantitative estimate of drug-likeness (QED) is 0.908. The van der Waals surface area contributed by atoms with Crippen molar-refractivity contribution >= 4 is 5.91 Å². The number of alkyl halides is 1. The Hall–Kier alpha value is -2.24. The third-order valence-electron chi connectivity index (χ3n) is 3.71. The zero-order chi connectivity index (χ0) is 15.0. The largest absolute Gasteiger partial charge is 0.357 e. The van der Waals surface area contributed by atoms with E-state index in [2.05, 4.69) is 4.98 Å². The van der Waals surface area contributed by atoms with Crippen molar-refractivity contribution in [3.05, 3.63) is 59.4 Å². The van der Waals surface area contributed by atoms with Crippen LogP contribution < -0.4 is 0 Å². The number of likely N-dealkylation sites (tertiary alicyclic amines) is 1. The molecule has 0 spiro atoms. The van der Waals surface area contributed by atoms with Crippen molar-refractivity contribution in [2.75, 3.05) is 13.1 Å². The monoisotopic (exact) mass is 294 g/mol. The topological polar surface area (TPSA) is 36.1 Å². The first-order valence-electron chi connectivity index (χ1n) is 6.56. The second-order valence-corrected chi connectivity index (χ2v) is 5.18. The number of hydrogen-bond acceptors (Lipinski definition) is 1. The number of nitrogens with zero attached hydrogens (tertiary/aromatic N) is 1. The molecule has 2 heterocycles. The highest BCUT2D eigenvalue weighted by atomic mass is 19.1. The number of amides is 1. The summed E-state index contributed by atoms with van der Waals surface area (Å²) in [5.41, 5.74) is -1.63. The molecule has 0 saturated carbocycles. The third kappa shape index (κ3) is 2.53. The van der Waals surface area contributed by atoms with Crippen LogP contribution in [0, 0.1) is 11.6 Å². The average molecular weight is 294 g/mol. The Kier molecular flexibility index (Phi) is 3.23. The lowest BCUT2D eigenvalue weighted by molar-refractivity contribution is 0.0745. The Bertz CT molecular complexity index is 651. The van der Waals surface area contributed by atoms with E-state index >= 15 is 0 Å². The number of rotatable bonds is 2. The summed E-state index contributed by atoms with van der Waals surface area (Å²) < 4.78 is 41.4. The minimum atomic E-state index is -1.93. The van der Waals surface area contributed by atoms with Crippen molar-refractivity contribution in [1.82, 2.24) is 9.88 Å². The van der Waals surface area contributed by atoms with Crippen molar-refractivity contribution in [2.45, 2.75) is 12.1 Å². The minimum Gasteiger partial charge on any atom is -0.357 e. The maximum absolute atomic E-state index is 14.9. The van der Waals surface area contributed by atoms with Gasteiger partial charge in [-0.25, -0.2) is 13.2 Å². The van der Waals surface area contributed by atoms with Crippen LogP contribution in [0.4, 0.5) is 13.2 Å². The fraction of sp³-hybridized carbons (Fsp3) is 0.267. The predicted molar refractivity (Wildman–Crippen MR) is 70.5 cm³/mol. The smallest absolute Gasteiger partial charge is 0.270 e. The number of hydrogen-bond donors (Lipinski definition) is 1. The molecule has 1 N–H and O–H groups in total. The number of carbonyl (C=O) groups excluding carboxylic acids is 1. The molecule has 1 aliphatic heterocycles. The molecule has 1 fully saturated rings. The zero-order valence-corrected chi connectivity index (χ0v) is 11.1. The van der Waals surface area contributed by atoms with Gasteiger partial charge in [-0.1, -0.05) is 0 Å². The van der Waals surface area contributed by atoms with E-state index in [-0.39, 0.29) is 31.0 Å². The van der Waals surface area contributed by atoms with E-state index in [0.717, 1.165) is 12.1 Å². The average Bonchev–Trinajstić information content (AvgIpc) is 3.07. The molecule has 0 aliphatic carbocycles. The number of aromatic nitrogens is 1. The highest BCUT2D eigenvalue weighted by molar-refractivity contribution is 5.92. The van der Waals surface area contributed by atoms with Gasteiger partial charge >= 0.3 is 0 Å². The lowest BCUT2D eigenvalue weighted by Gasteiger charge is -2.21. The molecule has 1 aromatic carbocycles. The Morgan fingerprint density at radius 1 is 1.24 bits per heavy atom. The Morgan fingerprint density at radius 3 is 2.57 bits per heavy atom. The first-order valence-corrected chi connectivity index (χ1v) is 6.56. The summed E-state index contributed by atoms with van der Waals surface area (Å²) in [6.45, 7) is -0.0137. The second kappa shape index (κ2) is 4.95. The molecule has 110 valence electrons. The highest BCUT2D eigenvalue weighted by Crippen LogP contribution is 2.37. The molecule has 1 aromatic heterocycles. The molecule has 0 unspecified atom stereocenters. The lowest BCUT2D eigenvalue weighted by atomic mass is 9.95. The van der Waals surface area contributed by atoms with E-state index in [1.54, 1.807) is 18.3 Å². The summed E-state index contributed by atoms with van der Waals surface area (Å²) >= 11 is 0. The van der Waals surface area contributed by atoms with Gasteiger partial charge in [0.05, 0.1) is 6.54 Å². The molecular formula is C15H13F3N2O. The van der Waals surface area contributed by atoms with E-state index in [4.69, 9.17) is 0 Å². The first kappa shape index (κ1) is 13.7. The van der Waals surface area contributed by atoms with E-state index in [1.807, 2.05) is 0 Å². The zero-order valence-electron chi connectivity index (χ0n) is 11.1. The minimum absolute atomic E-state index is 0.0162. The van der Waals surface area contributed by atoms with Crippen LogP contribution in [0.1, 0.15) is 22.5 Å². The van der Waals surface area contributed by atoms with Crippen molar-refractivity contribution in [3.8, 4) is 0 Å². The van der Waals surface area contributed by atoms with E-state index in [9.17, 15) is 18.0 Å². The van der Waals surface area contributed by atoms with Gasteiger partial charge in [0.25, 0.3) is 5.91 Å². The van der Waals surface area contributed by atoms with E-state index in [0.29, 0.717) is 11.8 Å². The van der Waals surface area contributed by atoms with Gasteiger partial charge in [0.1, 0.15) is 17.3 Å². The van der Waals surface area contributed by atoms with Gasteiger partial charge in [-0.3, -0.25) is 4.79 Å². The molecule has 1 atom stereocenters. The van der Waals surface area contributed by atoms with Crippen molar-refractivity contribution < 1.29 is 18.0 Å². The molecule has 3 nitrogen and oxygen atoms in total. The van der Waals surface area contributed by atoms with Gasteiger partial charge in [-0.2, -0.15) is 0 Å². The highest BCUT2D eigenvalue weighted by Gasteiger charge is 2.42. The number of aromatic amines is 1. The molecule has 1 saturated heterocycles. The molecule has 6 heteroatoms. The summed E-state index contributed by atoms with van der Waals surface area (Å²) in [5, 5.41) is 0. The maximum Gasteiger partial charge on any atom is 0.270 e. The van der Waals surface area contributed by atoms with Crippen molar-refractivity contribution in [2.24, 2.45) is 0 Å². The maximum atomic E-state index is 14.9. The van der Waals surface area contributed by atoms with Gasteiger partial charge in [0.15, 0.2) is 5.67 Å². The van der Waals surface area contributed by atoms with Crippen molar-refractivity contribution in [3.63, 3.8) is 0 Å². The summed E-state index contributed by atoms with van der Waals surface area (Å²) in [4.78, 5) is 16.2. The van der Waals surface area contributed by atoms with E-state index in [1.165, 1.54) is 4.90 Å². The molecule has 2 aromatic rings. The summed E-state index contributed by atoms with van der Waals surface area (Å²) in [7, 11) is 0. The van der Waals surface area contributed by atoms with Crippen LogP contribution in [0.5, 0.6) is 0 Å². The van der Waals surface area contributed by atoms with Crippen LogP contribution in [-0.4, -0.2) is 28.9 Å². The molecule has 1 aliphatic rings. The van der Waals surface area contributed by atoms with Crippen LogP contribution in [0.25, 0.3) is 0 Å². The Morgan fingerprint density at radius 2 is 1.95 bits per heavy atom. The number of nitrogens with one attached hydrogen (secondary N) is 1. The fourth-order valence-electron chi connectivity index (χ4n) is 2.63. The van der Waals surface area contributed by atoms with E-state index < -0.39 is 17.3 Å². The van der Waals surface area contributed by atoms with Crippen LogP contribution in [0.15, 0.2) is 36.5 Å². The van der Waals surface area contributed by atoms with Gasteiger partial charge in [0.2, 0.25) is 0 Å². The van der Waals surface area contributed by atoms with Crippen LogP contribution in [-0.2, 0) is 5.67 Å². The second-order valence-electron chi connectivity index (χ2n) is 5.18. The van der Waals surface area contributed by atoms with Crippen LogP contribution >= 0.6 is 0 Å². The molecule has 0 radical (unpaired) electrons. The number of carbonyl (C=O) groups is 1. The summed E-state index contributed by atoms with van der Waals surface area (Å²) in [5.74, 6) is -1.97. The number of benzene rings is 1. The third-order valence-corrected chi connectivity index (χ3v) is 3.71. The SMILES string of the molecule is O=C(c1ccc[nH]1)N1CC[C@](F)(c2cc(F)cc(F)c2)C1. The molecule has 0 bridgehead atoms. The van der Waals surface area contributed by atoms with Gasteiger partial charge in [-0.15, -0.1) is 0 Å². The normalized spacial score (nSPS) is 21.8. The van der Waals surface area contributed by atoms with Gasteiger partial charge in [-0.05, 0) is 29.8 Å². The van der Waals surface area contributed by atoms with Crippen molar-refractivity contribution in [1.29, 1.82) is 0 Å². The van der Waals surface area contributed by atoms with Gasteiger partial charge < -0.3 is 9.88 Å². The summed E-state index contributed by atoms with van der Waals surface area (Å²) in [6, 6.07) is 5.93. The molecule has 1 amide bonds. The number of H-pyrrole nitrogens is 1. The Labute approximate surface area is 119 Å². The molecule has 21 heavy (non-hydrogen) atoms. The van der Waals surface area contributed by atoms with Gasteiger partial charge in [0, 0.05) is 25.2 Å². The standard InChI is InChI=1S/C15H13F3N2O/c16-11-6-10(7-12(17)8-11)15(18)3-5-20(9-15)14(21)13-2-1-4-19-13/h1-2,4,6-8,19H,3,5,9H2/t15-/m1/s1. The molecule has 3 rings (SSSR count). The number of halogens is 3.